The first-order valence-corrected chi connectivity index (χ1v) is 3.40. The SMILES string of the molecule is C[C@@H](Cn1cccn1)C(=O)O. The third-order valence-electron chi connectivity index (χ3n) is 1.44. The van der Waals surface area contributed by atoms with Crippen LogP contribution in [0.3, 0.4) is 0 Å². The van der Waals surface area contributed by atoms with Crippen molar-refractivity contribution in [3.05, 3.63) is 18.5 Å². The van der Waals surface area contributed by atoms with E-state index in [1.165, 1.54) is 0 Å². The van der Waals surface area contributed by atoms with Crippen molar-refractivity contribution in [3.8, 4) is 0 Å². The normalized spacial score (nSPS) is 12.8. The smallest absolute Gasteiger partial charge is 0.308 e. The number of rotatable bonds is 3. The largest absolute Gasteiger partial charge is 0.481 e. The van der Waals surface area contributed by atoms with E-state index in [-0.39, 0.29) is 5.92 Å². The van der Waals surface area contributed by atoms with Crippen LogP contribution in [0.1, 0.15) is 6.92 Å². The summed E-state index contributed by atoms with van der Waals surface area (Å²) in [5.74, 6) is -1.17. The summed E-state index contributed by atoms with van der Waals surface area (Å²) in [6.07, 6.45) is 3.38. The highest BCUT2D eigenvalue weighted by Gasteiger charge is 2.10. The molecule has 0 aromatic carbocycles. The Balaban J connectivity index is 2.50. The van der Waals surface area contributed by atoms with E-state index >= 15 is 0 Å². The molecule has 0 saturated carbocycles. The van der Waals surface area contributed by atoms with Gasteiger partial charge in [-0.05, 0) is 6.07 Å². The van der Waals surface area contributed by atoms with E-state index < -0.39 is 5.97 Å². The molecule has 0 radical (unpaired) electrons. The van der Waals surface area contributed by atoms with Crippen LogP contribution in [0.4, 0.5) is 0 Å². The molecule has 0 bridgehead atoms. The van der Waals surface area contributed by atoms with Crippen molar-refractivity contribution in [1.82, 2.24) is 9.78 Å². The number of aliphatic carboxylic acids is 1. The molecule has 1 atom stereocenters. The van der Waals surface area contributed by atoms with E-state index in [4.69, 9.17) is 5.11 Å². The van der Waals surface area contributed by atoms with E-state index in [2.05, 4.69) is 5.10 Å². The number of nitrogens with zero attached hydrogens (tertiary/aromatic N) is 2. The van der Waals surface area contributed by atoms with Gasteiger partial charge in [0.1, 0.15) is 0 Å². The molecule has 0 aliphatic heterocycles. The Bertz CT molecular complexity index is 231. The fourth-order valence-electron chi connectivity index (χ4n) is 0.767. The second-order valence-corrected chi connectivity index (χ2v) is 2.47. The summed E-state index contributed by atoms with van der Waals surface area (Å²) in [5, 5.41) is 12.4. The Hall–Kier alpha value is -1.32. The summed E-state index contributed by atoms with van der Waals surface area (Å²) in [6.45, 7) is 2.09. The van der Waals surface area contributed by atoms with Crippen molar-refractivity contribution in [2.24, 2.45) is 5.92 Å². The quantitative estimate of drug-likeness (QED) is 0.693. The van der Waals surface area contributed by atoms with E-state index in [0.29, 0.717) is 6.54 Å². The first-order valence-electron chi connectivity index (χ1n) is 3.40. The van der Waals surface area contributed by atoms with Crippen LogP contribution in [0.15, 0.2) is 18.5 Å². The van der Waals surface area contributed by atoms with Gasteiger partial charge in [-0.3, -0.25) is 9.48 Å². The maximum Gasteiger partial charge on any atom is 0.308 e. The first kappa shape index (κ1) is 7.78. The molecule has 0 aliphatic carbocycles. The molecule has 4 heteroatoms. The summed E-state index contributed by atoms with van der Waals surface area (Å²) in [7, 11) is 0. The number of carboxylic acid groups (broad SMARTS) is 1. The van der Waals surface area contributed by atoms with Gasteiger partial charge in [-0.2, -0.15) is 5.10 Å². The Labute approximate surface area is 64.5 Å². The number of carboxylic acids is 1. The molecule has 0 unspecified atom stereocenters. The number of hydrogen-bond donors (Lipinski definition) is 1. The standard InChI is InChI=1S/C7H10N2O2/c1-6(7(10)11)5-9-4-2-3-8-9/h2-4,6H,5H2,1H3,(H,10,11)/t6-/m0/s1. The zero-order chi connectivity index (χ0) is 8.27. The van der Waals surface area contributed by atoms with Crippen LogP contribution in [0.5, 0.6) is 0 Å². The average Bonchev–Trinajstić information content (AvgIpc) is 2.39. The molecule has 60 valence electrons. The van der Waals surface area contributed by atoms with E-state index in [1.807, 2.05) is 0 Å². The molecule has 0 fully saturated rings. The van der Waals surface area contributed by atoms with Crippen LogP contribution in [0.2, 0.25) is 0 Å². The summed E-state index contributed by atoms with van der Waals surface area (Å²) in [6, 6.07) is 1.77. The van der Waals surface area contributed by atoms with Crippen molar-refractivity contribution in [2.45, 2.75) is 13.5 Å². The minimum absolute atomic E-state index is 0.380. The lowest BCUT2D eigenvalue weighted by molar-refractivity contribution is -0.141. The van der Waals surface area contributed by atoms with E-state index in [1.54, 1.807) is 30.1 Å². The Morgan fingerprint density at radius 1 is 1.82 bits per heavy atom. The lowest BCUT2D eigenvalue weighted by Gasteiger charge is -2.04. The monoisotopic (exact) mass is 154 g/mol. The maximum absolute atomic E-state index is 10.4. The van der Waals surface area contributed by atoms with Gasteiger partial charge in [-0.15, -0.1) is 0 Å². The van der Waals surface area contributed by atoms with Crippen LogP contribution >= 0.6 is 0 Å². The molecule has 4 nitrogen and oxygen atoms in total. The summed E-state index contributed by atoms with van der Waals surface area (Å²) >= 11 is 0. The Morgan fingerprint density at radius 3 is 3.00 bits per heavy atom. The molecule has 0 spiro atoms. The van der Waals surface area contributed by atoms with Gasteiger partial charge in [-0.25, -0.2) is 0 Å². The molecule has 11 heavy (non-hydrogen) atoms. The van der Waals surface area contributed by atoms with Gasteiger partial charge in [0.2, 0.25) is 0 Å². The molecule has 1 aromatic heterocycles. The fourth-order valence-corrected chi connectivity index (χ4v) is 0.767. The minimum Gasteiger partial charge on any atom is -0.481 e. The van der Waals surface area contributed by atoms with Gasteiger partial charge in [0, 0.05) is 12.4 Å². The van der Waals surface area contributed by atoms with E-state index in [9.17, 15) is 4.79 Å². The van der Waals surface area contributed by atoms with Crippen LogP contribution in [0.25, 0.3) is 0 Å². The van der Waals surface area contributed by atoms with Crippen molar-refractivity contribution in [2.75, 3.05) is 0 Å². The lowest BCUT2D eigenvalue weighted by Crippen LogP contribution is -2.16. The van der Waals surface area contributed by atoms with Gasteiger partial charge >= 0.3 is 5.97 Å². The van der Waals surface area contributed by atoms with Gasteiger partial charge < -0.3 is 5.11 Å². The van der Waals surface area contributed by atoms with E-state index in [0.717, 1.165) is 0 Å². The zero-order valence-electron chi connectivity index (χ0n) is 6.27. The van der Waals surface area contributed by atoms with Gasteiger partial charge in [-0.1, -0.05) is 6.92 Å². The van der Waals surface area contributed by atoms with Crippen molar-refractivity contribution < 1.29 is 9.90 Å². The Kier molecular flexibility index (Phi) is 2.25. The summed E-state index contributed by atoms with van der Waals surface area (Å²) in [4.78, 5) is 10.4. The minimum atomic E-state index is -0.791. The number of hydrogen-bond acceptors (Lipinski definition) is 2. The Morgan fingerprint density at radius 2 is 2.55 bits per heavy atom. The molecule has 1 rings (SSSR count). The molecule has 1 N–H and O–H groups in total. The molecule has 0 aliphatic rings. The highest BCUT2D eigenvalue weighted by Crippen LogP contribution is 1.98. The third kappa shape index (κ3) is 2.07. The van der Waals surface area contributed by atoms with Crippen molar-refractivity contribution in [1.29, 1.82) is 0 Å². The van der Waals surface area contributed by atoms with Crippen molar-refractivity contribution in [3.63, 3.8) is 0 Å². The van der Waals surface area contributed by atoms with Crippen molar-refractivity contribution >= 4 is 5.97 Å². The third-order valence-corrected chi connectivity index (χ3v) is 1.44. The average molecular weight is 154 g/mol. The summed E-state index contributed by atoms with van der Waals surface area (Å²) in [5.41, 5.74) is 0. The predicted octanol–water partition coefficient (Wildman–Crippen LogP) is 0.604. The predicted molar refractivity (Wildman–Crippen MR) is 39.0 cm³/mol. The van der Waals surface area contributed by atoms with Gasteiger partial charge in [0.25, 0.3) is 0 Å². The molecular weight excluding hydrogens is 144 g/mol. The highest BCUT2D eigenvalue weighted by molar-refractivity contribution is 5.69. The zero-order valence-corrected chi connectivity index (χ0v) is 6.27. The highest BCUT2D eigenvalue weighted by atomic mass is 16.4. The topological polar surface area (TPSA) is 55.1 Å². The molecule has 0 saturated heterocycles. The van der Waals surface area contributed by atoms with Crippen LogP contribution in [-0.4, -0.2) is 20.9 Å². The number of carbonyl (C=O) groups is 1. The summed E-state index contributed by atoms with van der Waals surface area (Å²) < 4.78 is 1.61. The van der Waals surface area contributed by atoms with Crippen LogP contribution < -0.4 is 0 Å². The molecular formula is C7H10N2O2. The van der Waals surface area contributed by atoms with Crippen LogP contribution in [-0.2, 0) is 11.3 Å². The van der Waals surface area contributed by atoms with Gasteiger partial charge in [0.05, 0.1) is 12.5 Å². The first-order chi connectivity index (χ1) is 5.20. The molecule has 0 amide bonds. The second kappa shape index (κ2) is 3.18. The molecule has 1 heterocycles. The molecule has 1 aromatic rings. The van der Waals surface area contributed by atoms with Crippen LogP contribution in [0, 0.1) is 5.92 Å². The van der Waals surface area contributed by atoms with Gasteiger partial charge in [0.15, 0.2) is 0 Å². The second-order valence-electron chi connectivity index (χ2n) is 2.47. The fraction of sp³-hybridized carbons (Fsp3) is 0.429. The lowest BCUT2D eigenvalue weighted by atomic mass is 10.2. The number of aromatic nitrogens is 2. The maximum atomic E-state index is 10.4.